The van der Waals surface area contributed by atoms with Crippen molar-refractivity contribution in [2.75, 3.05) is 120 Å². The van der Waals surface area contributed by atoms with Crippen molar-refractivity contribution in [2.24, 2.45) is 0 Å². The van der Waals surface area contributed by atoms with Gasteiger partial charge in [0.2, 0.25) is 0 Å². The Morgan fingerprint density at radius 3 is 0.671 bits per heavy atom. The smallest absolute Gasteiger partial charge is 0.130 e. The van der Waals surface area contributed by atoms with Crippen molar-refractivity contribution in [3.63, 3.8) is 0 Å². The fraction of sp³-hybridized carbons (Fsp3) is 1.00. The van der Waals surface area contributed by atoms with Crippen LogP contribution in [0, 0.1) is 0 Å². The lowest BCUT2D eigenvalue weighted by molar-refractivity contribution is -0.894. The molecule has 9 heteroatoms. The second kappa shape index (κ2) is 65.1. The van der Waals surface area contributed by atoms with Gasteiger partial charge in [0.1, 0.15) is 44.5 Å². The summed E-state index contributed by atoms with van der Waals surface area (Å²) in [6.45, 7) is 19.0. The Kier molecular flexibility index (Phi) is 64.8. The van der Waals surface area contributed by atoms with Crippen molar-refractivity contribution in [2.45, 2.75) is 354 Å². The highest BCUT2D eigenvalue weighted by Gasteiger charge is 2.25. The first-order chi connectivity index (χ1) is 40.1. The van der Waals surface area contributed by atoms with Crippen LogP contribution in [-0.2, 0) is 28.4 Å². The van der Waals surface area contributed by atoms with Gasteiger partial charge >= 0.3 is 0 Å². The molecule has 2 unspecified atom stereocenters. The predicted octanol–water partition coefficient (Wildman–Crippen LogP) is 20.1. The van der Waals surface area contributed by atoms with E-state index in [0.29, 0.717) is 26.4 Å². The molecule has 0 aliphatic rings. The molecule has 0 spiro atoms. The summed E-state index contributed by atoms with van der Waals surface area (Å²) >= 11 is 0. The van der Waals surface area contributed by atoms with Gasteiger partial charge in [-0.25, -0.2) is 0 Å². The Balaban J connectivity index is 4.79. The molecular weight excluding hydrogens is 1020 g/mol. The molecule has 0 aromatic carbocycles. The first kappa shape index (κ1) is 81.6. The molecule has 0 radical (unpaired) electrons. The van der Waals surface area contributed by atoms with Crippen LogP contribution in [-0.4, -0.2) is 153 Å². The van der Waals surface area contributed by atoms with E-state index in [1.54, 1.807) is 0 Å². The SMILES string of the molecule is CCCCCCCCCCCCCCOCC(C[N+](C)(C)CCOCC(O)COCC[N+](C)(C)CC(COCCCCCCCCCCCCCC)OCCCCCCCCCCCCCC)OCCCCCCCCCCCCCC. The van der Waals surface area contributed by atoms with E-state index >= 15 is 0 Å². The zero-order valence-electron chi connectivity index (χ0n) is 57.4. The van der Waals surface area contributed by atoms with Crippen molar-refractivity contribution in [3.8, 4) is 0 Å². The van der Waals surface area contributed by atoms with Crippen LogP contribution in [0.15, 0.2) is 0 Å². The Labute approximate surface area is 514 Å². The van der Waals surface area contributed by atoms with Gasteiger partial charge in [0.15, 0.2) is 0 Å². The van der Waals surface area contributed by atoms with Gasteiger partial charge < -0.3 is 42.5 Å². The molecule has 0 saturated heterocycles. The van der Waals surface area contributed by atoms with E-state index in [1.807, 2.05) is 0 Å². The zero-order chi connectivity index (χ0) is 59.8. The number of aliphatic hydroxyl groups is 1. The lowest BCUT2D eigenvalue weighted by Crippen LogP contribution is -2.49. The lowest BCUT2D eigenvalue weighted by Gasteiger charge is -2.33. The fourth-order valence-corrected chi connectivity index (χ4v) is 11.6. The quantitative estimate of drug-likeness (QED) is 0.0480. The number of nitrogens with zero attached hydrogens (tertiary/aromatic N) is 2. The normalized spacial score (nSPS) is 13.4. The van der Waals surface area contributed by atoms with Crippen LogP contribution >= 0.6 is 0 Å². The maximum absolute atomic E-state index is 10.9. The number of quaternary nitrogens is 2. The lowest BCUT2D eigenvalue weighted by atomic mass is 10.1. The number of aliphatic hydroxyl groups excluding tert-OH is 1. The summed E-state index contributed by atoms with van der Waals surface area (Å²) in [5.74, 6) is 0. The highest BCUT2D eigenvalue weighted by Crippen LogP contribution is 2.18. The topological polar surface area (TPSA) is 75.6 Å². The van der Waals surface area contributed by atoms with Crippen molar-refractivity contribution < 1.29 is 42.5 Å². The summed E-state index contributed by atoms with van der Waals surface area (Å²) in [5, 5.41) is 10.9. The van der Waals surface area contributed by atoms with E-state index in [-0.39, 0.29) is 25.4 Å². The molecular formula is C73H152N2O7+2. The predicted molar refractivity (Wildman–Crippen MR) is 357 cm³/mol. The molecule has 0 amide bonds. The molecule has 82 heavy (non-hydrogen) atoms. The number of likely N-dealkylation sites (N-methyl/N-ethyl adjacent to an activating group) is 2. The second-order valence-corrected chi connectivity index (χ2v) is 27.2. The Hall–Kier alpha value is -0.360. The number of rotatable bonds is 72. The molecule has 0 saturated carbocycles. The number of hydrogen-bond acceptors (Lipinski definition) is 7. The molecule has 0 aliphatic carbocycles. The largest absolute Gasteiger partial charge is 0.388 e. The highest BCUT2D eigenvalue weighted by molar-refractivity contribution is 4.61. The molecule has 2 atom stereocenters. The second-order valence-electron chi connectivity index (χ2n) is 27.2. The fourth-order valence-electron chi connectivity index (χ4n) is 11.6. The van der Waals surface area contributed by atoms with Gasteiger partial charge in [-0.2, -0.15) is 0 Å². The maximum Gasteiger partial charge on any atom is 0.130 e. The van der Waals surface area contributed by atoms with Gasteiger partial charge in [-0.1, -0.05) is 310 Å². The van der Waals surface area contributed by atoms with Crippen molar-refractivity contribution in [3.05, 3.63) is 0 Å². The molecule has 0 fully saturated rings. The van der Waals surface area contributed by atoms with Gasteiger partial charge in [0.25, 0.3) is 0 Å². The van der Waals surface area contributed by atoms with Crippen LogP contribution in [0.1, 0.15) is 336 Å². The number of ether oxygens (including phenoxy) is 6. The molecule has 0 aliphatic heterocycles. The molecule has 0 aromatic heterocycles. The van der Waals surface area contributed by atoms with Crippen LogP contribution in [0.25, 0.3) is 0 Å². The van der Waals surface area contributed by atoms with Gasteiger partial charge in [0.05, 0.1) is 67.8 Å². The summed E-state index contributed by atoms with van der Waals surface area (Å²) < 4.78 is 39.5. The Morgan fingerprint density at radius 1 is 0.244 bits per heavy atom. The van der Waals surface area contributed by atoms with E-state index in [1.165, 1.54) is 283 Å². The minimum absolute atomic E-state index is 0.0688. The average molecular weight is 1170 g/mol. The first-order valence-electron chi connectivity index (χ1n) is 36.9. The number of unbranched alkanes of at least 4 members (excludes halogenated alkanes) is 44. The summed E-state index contributed by atoms with van der Waals surface area (Å²) in [5.41, 5.74) is 0. The maximum atomic E-state index is 10.9. The van der Waals surface area contributed by atoms with Gasteiger partial charge in [0, 0.05) is 26.4 Å². The summed E-state index contributed by atoms with van der Waals surface area (Å²) in [6, 6.07) is 0. The number of hydrogen-bond donors (Lipinski definition) is 1. The van der Waals surface area contributed by atoms with Crippen LogP contribution < -0.4 is 0 Å². The summed E-state index contributed by atoms with van der Waals surface area (Å²) in [7, 11) is 9.09. The molecule has 494 valence electrons. The van der Waals surface area contributed by atoms with E-state index in [2.05, 4.69) is 55.9 Å². The summed E-state index contributed by atoms with van der Waals surface area (Å²) in [6.07, 6.45) is 64.5. The highest BCUT2D eigenvalue weighted by atomic mass is 16.5. The molecule has 0 aromatic rings. The first-order valence-corrected chi connectivity index (χ1v) is 36.9. The van der Waals surface area contributed by atoms with E-state index in [0.717, 1.165) is 87.3 Å². The van der Waals surface area contributed by atoms with Gasteiger partial charge in [-0.3, -0.25) is 0 Å². The van der Waals surface area contributed by atoms with Gasteiger partial charge in [-0.15, -0.1) is 0 Å². The van der Waals surface area contributed by atoms with E-state index in [9.17, 15) is 5.11 Å². The minimum Gasteiger partial charge on any atom is -0.388 e. The van der Waals surface area contributed by atoms with E-state index < -0.39 is 6.10 Å². The molecule has 0 rings (SSSR count). The van der Waals surface area contributed by atoms with Crippen molar-refractivity contribution in [1.29, 1.82) is 0 Å². The molecule has 9 nitrogen and oxygen atoms in total. The third-order valence-electron chi connectivity index (χ3n) is 17.3. The third-order valence-corrected chi connectivity index (χ3v) is 17.3. The van der Waals surface area contributed by atoms with E-state index in [4.69, 9.17) is 28.4 Å². The zero-order valence-corrected chi connectivity index (χ0v) is 57.4. The van der Waals surface area contributed by atoms with Crippen molar-refractivity contribution >= 4 is 0 Å². The van der Waals surface area contributed by atoms with Crippen molar-refractivity contribution in [1.82, 2.24) is 0 Å². The third kappa shape index (κ3) is 64.1. The van der Waals surface area contributed by atoms with Crippen LogP contribution in [0.3, 0.4) is 0 Å². The minimum atomic E-state index is -0.646. The van der Waals surface area contributed by atoms with Crippen LogP contribution in [0.4, 0.5) is 0 Å². The standard InChI is InChI=1S/C73H152N2O7/c1-9-13-17-21-25-29-33-37-41-45-49-53-59-77-69-72(81-61-55-51-47-43-39-35-31-27-23-19-15-11-3)65-74(5,6)57-63-79-67-71(76)68-80-64-58-75(7,8)66-73(82-62-56-52-48-44-40-36-32-28-24-20-16-12-4)70-78-60-54-50-46-42-38-34-30-26-22-18-14-10-2/h71-73,76H,9-70H2,1-8H3/q+2. The summed E-state index contributed by atoms with van der Waals surface area (Å²) in [4.78, 5) is 0. The molecule has 1 N–H and O–H groups in total. The Bertz CT molecular complexity index is 1100. The average Bonchev–Trinajstić information content (AvgIpc) is 3.46. The Morgan fingerprint density at radius 2 is 0.439 bits per heavy atom. The van der Waals surface area contributed by atoms with Crippen LogP contribution in [0.2, 0.25) is 0 Å². The molecule has 0 bridgehead atoms. The monoisotopic (exact) mass is 1170 g/mol. The molecule has 0 heterocycles. The van der Waals surface area contributed by atoms with Gasteiger partial charge in [-0.05, 0) is 25.7 Å². The van der Waals surface area contributed by atoms with Crippen LogP contribution in [0.5, 0.6) is 0 Å².